The van der Waals surface area contributed by atoms with E-state index in [1.54, 1.807) is 17.8 Å². The molecule has 0 radical (unpaired) electrons. The van der Waals surface area contributed by atoms with E-state index in [0.29, 0.717) is 59.4 Å². The van der Waals surface area contributed by atoms with Crippen molar-refractivity contribution in [3.05, 3.63) is 58.4 Å². The molecule has 51 heavy (non-hydrogen) atoms. The molecular formula is C38H48FN5O6S. The van der Waals surface area contributed by atoms with Gasteiger partial charge in [-0.05, 0) is 107 Å². The quantitative estimate of drug-likeness (QED) is 0.208. The number of rotatable bonds is 12. The normalized spacial score (nSPS) is 24.0. The summed E-state index contributed by atoms with van der Waals surface area (Å²) in [5.41, 5.74) is 0.717. The fraction of sp³-hybridized carbons (Fsp3) is 0.579. The molecule has 0 spiro atoms. The lowest BCUT2D eigenvalue weighted by Gasteiger charge is -2.36. The molecule has 3 aliphatic heterocycles. The van der Waals surface area contributed by atoms with E-state index >= 15 is 4.39 Å². The second-order valence-electron chi connectivity index (χ2n) is 14.4. The lowest BCUT2D eigenvalue weighted by Crippen LogP contribution is -2.47. The van der Waals surface area contributed by atoms with Gasteiger partial charge in [-0.2, -0.15) is 11.8 Å². The zero-order valence-corrected chi connectivity index (χ0v) is 29.8. The van der Waals surface area contributed by atoms with Crippen molar-refractivity contribution in [1.29, 1.82) is 0 Å². The number of H-pyrrole nitrogens is 1. The molecule has 4 aliphatic rings. The molecular weight excluding hydrogens is 674 g/mol. The number of carbonyl (C=O) groups excluding carboxylic acids is 2. The Morgan fingerprint density at radius 2 is 1.69 bits per heavy atom. The second kappa shape index (κ2) is 16.8. The zero-order valence-electron chi connectivity index (χ0n) is 29.0. The number of thioether (sulfide) groups is 1. The number of carbonyl (C=O) groups is 2. The van der Waals surface area contributed by atoms with Crippen LogP contribution in [0, 0.1) is 17.7 Å². The fourth-order valence-electron chi connectivity index (χ4n) is 7.64. The maximum Gasteiger partial charge on any atom is 0.261 e. The van der Waals surface area contributed by atoms with Crippen molar-refractivity contribution in [2.24, 2.45) is 11.8 Å². The molecule has 2 amide bonds. The Morgan fingerprint density at radius 1 is 0.922 bits per heavy atom. The van der Waals surface area contributed by atoms with E-state index < -0.39 is 17.4 Å². The molecule has 1 aliphatic carbocycles. The number of ether oxygens (including phenoxy) is 3. The number of hydrogen-bond donors (Lipinski definition) is 3. The topological polar surface area (TPSA) is 135 Å². The van der Waals surface area contributed by atoms with Crippen LogP contribution < -0.4 is 25.7 Å². The van der Waals surface area contributed by atoms with Crippen LogP contribution in [-0.2, 0) is 20.1 Å². The molecule has 1 saturated carbocycles. The predicted molar refractivity (Wildman–Crippen MR) is 195 cm³/mol. The molecule has 13 heteroatoms. The zero-order chi connectivity index (χ0) is 35.2. The van der Waals surface area contributed by atoms with Crippen LogP contribution in [0.2, 0.25) is 0 Å². The van der Waals surface area contributed by atoms with Crippen molar-refractivity contribution in [3.8, 4) is 11.5 Å². The van der Waals surface area contributed by atoms with Crippen molar-refractivity contribution in [3.63, 3.8) is 0 Å². The second-order valence-corrected chi connectivity index (χ2v) is 15.7. The van der Waals surface area contributed by atoms with Crippen molar-refractivity contribution in [1.82, 2.24) is 20.2 Å². The molecule has 3 N–H and O–H groups in total. The van der Waals surface area contributed by atoms with Crippen LogP contribution in [0.15, 0.2) is 41.2 Å². The summed E-state index contributed by atoms with van der Waals surface area (Å²) in [5, 5.41) is 6.04. The van der Waals surface area contributed by atoms with Gasteiger partial charge in [0.15, 0.2) is 0 Å². The van der Waals surface area contributed by atoms with Crippen molar-refractivity contribution < 1.29 is 28.2 Å². The van der Waals surface area contributed by atoms with E-state index in [1.165, 1.54) is 6.07 Å². The Morgan fingerprint density at radius 3 is 2.43 bits per heavy atom. The van der Waals surface area contributed by atoms with E-state index in [2.05, 4.69) is 25.5 Å². The predicted octanol–water partition coefficient (Wildman–Crippen LogP) is 5.42. The summed E-state index contributed by atoms with van der Waals surface area (Å²) in [5.74, 6) is 2.33. The van der Waals surface area contributed by atoms with Gasteiger partial charge in [0.05, 0.1) is 24.0 Å². The van der Waals surface area contributed by atoms with Crippen LogP contribution in [0.1, 0.15) is 70.0 Å². The Bertz CT molecular complexity index is 1720. The molecule has 1 atom stereocenters. The number of aromatic nitrogens is 2. The lowest BCUT2D eigenvalue weighted by molar-refractivity contribution is -0.133. The highest BCUT2D eigenvalue weighted by atomic mass is 32.2. The molecule has 1 unspecified atom stereocenters. The van der Waals surface area contributed by atoms with Gasteiger partial charge < -0.3 is 29.4 Å². The van der Waals surface area contributed by atoms with Crippen LogP contribution in [0.25, 0.3) is 10.9 Å². The van der Waals surface area contributed by atoms with Crippen molar-refractivity contribution >= 4 is 40.2 Å². The largest absolute Gasteiger partial charge is 0.493 e. The maximum atomic E-state index is 15.0. The molecule has 4 heterocycles. The third-order valence-electron chi connectivity index (χ3n) is 10.6. The Labute approximate surface area is 301 Å². The first-order valence-electron chi connectivity index (χ1n) is 18.5. The smallest absolute Gasteiger partial charge is 0.261 e. The number of benzene rings is 2. The van der Waals surface area contributed by atoms with E-state index in [-0.39, 0.29) is 23.3 Å². The molecule has 4 fully saturated rings. The van der Waals surface area contributed by atoms with Crippen LogP contribution >= 0.6 is 11.8 Å². The molecule has 3 saturated heterocycles. The molecule has 3 aromatic rings. The van der Waals surface area contributed by atoms with Crippen LogP contribution in [0.5, 0.6) is 11.5 Å². The number of nitrogens with zero attached hydrogens (tertiary/aromatic N) is 2. The van der Waals surface area contributed by atoms with Crippen molar-refractivity contribution in [2.45, 2.75) is 87.4 Å². The highest BCUT2D eigenvalue weighted by molar-refractivity contribution is 7.99. The van der Waals surface area contributed by atoms with Crippen LogP contribution in [-0.4, -0.2) is 83.5 Å². The SMILES string of the molecule is O=C1CCC(Nc2ccc(OC3CCC(CN4CCC(COc5cc(F)c6c(=O)[nH]c(CSC7CCOCC7)nc6c5)CC4)CC3)cc2)C(=O)N1. The number of aromatic amines is 1. The molecule has 0 bridgehead atoms. The first-order valence-corrected chi connectivity index (χ1v) is 19.5. The number of imide groups is 1. The Hall–Kier alpha value is -3.68. The fourth-order valence-corrected chi connectivity index (χ4v) is 8.70. The molecule has 274 valence electrons. The summed E-state index contributed by atoms with van der Waals surface area (Å²) in [7, 11) is 0. The molecule has 1 aromatic heterocycles. The third kappa shape index (κ3) is 9.61. The van der Waals surface area contributed by atoms with Gasteiger partial charge in [-0.1, -0.05) is 0 Å². The highest BCUT2D eigenvalue weighted by Crippen LogP contribution is 2.31. The van der Waals surface area contributed by atoms with Gasteiger partial charge in [-0.25, -0.2) is 9.37 Å². The number of amides is 2. The number of fused-ring (bicyclic) bond motifs is 1. The number of anilines is 1. The third-order valence-corrected chi connectivity index (χ3v) is 12.0. The van der Waals surface area contributed by atoms with Gasteiger partial charge in [0.2, 0.25) is 11.8 Å². The van der Waals surface area contributed by atoms with E-state index in [1.807, 2.05) is 24.3 Å². The molecule has 11 nitrogen and oxygen atoms in total. The highest BCUT2D eigenvalue weighted by Gasteiger charge is 2.28. The number of halogens is 1. The summed E-state index contributed by atoms with van der Waals surface area (Å²) >= 11 is 1.76. The summed E-state index contributed by atoms with van der Waals surface area (Å²) in [6.07, 6.45) is 9.43. The van der Waals surface area contributed by atoms with E-state index in [4.69, 9.17) is 14.2 Å². The summed E-state index contributed by atoms with van der Waals surface area (Å²) in [6.45, 7) is 5.20. The van der Waals surface area contributed by atoms with Gasteiger partial charge in [-0.3, -0.25) is 19.7 Å². The van der Waals surface area contributed by atoms with Crippen LogP contribution in [0.3, 0.4) is 0 Å². The van der Waals surface area contributed by atoms with Gasteiger partial charge >= 0.3 is 0 Å². The Kier molecular flexibility index (Phi) is 11.7. The van der Waals surface area contributed by atoms with Gasteiger partial charge in [0.25, 0.3) is 5.56 Å². The maximum absolute atomic E-state index is 15.0. The number of hydrogen-bond acceptors (Lipinski definition) is 10. The standard InChI is InChI=1S/C38H48FN5O6S/c39-31-19-29(20-33-36(31)38(47)42-34(41-33)23-51-30-13-17-48-18-14-30)49-22-25-11-15-44(16-12-25)21-24-1-5-27(6-2-24)50-28-7-3-26(4-8-28)40-32-9-10-35(45)43-37(32)46/h3-4,7-8,19-20,24-25,27,30,32,40H,1-2,5-6,9-18,21-23H2,(H,41,42,47)(H,43,45,46). The van der Waals surface area contributed by atoms with E-state index in [9.17, 15) is 14.4 Å². The lowest BCUT2D eigenvalue weighted by atomic mass is 9.86. The first kappa shape index (κ1) is 35.7. The minimum Gasteiger partial charge on any atom is -0.493 e. The molecule has 2 aromatic carbocycles. The van der Waals surface area contributed by atoms with Gasteiger partial charge in [0.1, 0.15) is 34.6 Å². The van der Waals surface area contributed by atoms with Gasteiger partial charge in [-0.15, -0.1) is 0 Å². The van der Waals surface area contributed by atoms with Crippen LogP contribution in [0.4, 0.5) is 10.1 Å². The first-order chi connectivity index (χ1) is 24.8. The van der Waals surface area contributed by atoms with Crippen molar-refractivity contribution in [2.75, 3.05) is 44.8 Å². The summed E-state index contributed by atoms with van der Waals surface area (Å²) < 4.78 is 32.8. The minimum absolute atomic E-state index is 0.0219. The molecule has 7 rings (SSSR count). The number of likely N-dealkylation sites (tertiary alicyclic amines) is 1. The average Bonchev–Trinajstić information content (AvgIpc) is 3.13. The number of nitrogens with one attached hydrogen (secondary N) is 3. The summed E-state index contributed by atoms with van der Waals surface area (Å²) in [4.78, 5) is 46.0. The Balaban J connectivity index is 0.813. The van der Waals surface area contributed by atoms with Gasteiger partial charge in [0, 0.05) is 49.2 Å². The number of piperidine rings is 2. The minimum atomic E-state index is -0.605. The average molecular weight is 722 g/mol. The van der Waals surface area contributed by atoms with E-state index in [0.717, 1.165) is 95.7 Å². The monoisotopic (exact) mass is 721 g/mol. The summed E-state index contributed by atoms with van der Waals surface area (Å²) in [6, 6.07) is 10.3.